The summed E-state index contributed by atoms with van der Waals surface area (Å²) in [4.78, 5) is 84.3. The number of benzene rings is 4. The molecular weight excluding hydrogens is 1620 g/mol. The van der Waals surface area contributed by atoms with Crippen molar-refractivity contribution in [2.45, 2.75) is 210 Å². The van der Waals surface area contributed by atoms with E-state index < -0.39 is 43.3 Å². The molecule has 664 valence electrons. The van der Waals surface area contributed by atoms with Crippen LogP contribution in [-0.2, 0) is 66.5 Å². The van der Waals surface area contributed by atoms with Crippen molar-refractivity contribution in [2.24, 2.45) is 0 Å². The van der Waals surface area contributed by atoms with E-state index >= 15 is 0 Å². The first-order valence-corrected chi connectivity index (χ1v) is 41.5. The van der Waals surface area contributed by atoms with Gasteiger partial charge in [-0.3, -0.25) is 40.4 Å². The van der Waals surface area contributed by atoms with Gasteiger partial charge in [-0.05, 0) is 99.9 Å². The molecule has 0 spiro atoms. The molecule has 4 amide bonds. The Morgan fingerprint density at radius 3 is 0.773 bits per heavy atom. The molecule has 0 fully saturated rings. The second-order valence-corrected chi connectivity index (χ2v) is 35.1. The molecule has 0 aliphatic heterocycles. The third kappa shape index (κ3) is 21.1. The number of aromatic nitrogens is 16. The van der Waals surface area contributed by atoms with Crippen LogP contribution in [0.2, 0.25) is 0 Å². The predicted molar refractivity (Wildman–Crippen MR) is 501 cm³/mol. The topological polar surface area (TPSA) is 447 Å². The van der Waals surface area contributed by atoms with Crippen LogP contribution in [0.5, 0.6) is 0 Å². The van der Waals surface area contributed by atoms with Gasteiger partial charge in [-0.2, -0.15) is 0 Å². The normalized spacial score (nSPS) is 13.5. The fourth-order valence-electron chi connectivity index (χ4n) is 14.1. The maximum Gasteiger partial charge on any atom is 0.231 e. The molecule has 0 saturated carbocycles. The van der Waals surface area contributed by atoms with Gasteiger partial charge in [-0.25, -0.2) is 39.9 Å². The van der Waals surface area contributed by atoms with Crippen molar-refractivity contribution in [1.29, 1.82) is 0 Å². The Morgan fingerprint density at radius 2 is 0.555 bits per heavy atom. The van der Waals surface area contributed by atoms with Crippen LogP contribution in [0.3, 0.4) is 0 Å². The van der Waals surface area contributed by atoms with Crippen molar-refractivity contribution in [3.05, 3.63) is 216 Å². The number of carbonyl (C=O) groups excluding carboxylic acids is 4. The summed E-state index contributed by atoms with van der Waals surface area (Å²) < 4.78 is 106. The number of amides is 4. The minimum atomic E-state index is -2.88. The molecule has 12 aromatic heterocycles. The van der Waals surface area contributed by atoms with E-state index in [0.717, 1.165) is 119 Å². The lowest BCUT2D eigenvalue weighted by Crippen LogP contribution is -2.14. The van der Waals surface area contributed by atoms with Gasteiger partial charge in [0.05, 0.1) is 71.4 Å². The van der Waals surface area contributed by atoms with E-state index in [0.29, 0.717) is 51.6 Å². The molecule has 0 unspecified atom stereocenters. The quantitative estimate of drug-likeness (QED) is 0.0351. The molecular formula is C96H112N24O8. The van der Waals surface area contributed by atoms with Gasteiger partial charge in [0.15, 0.2) is 0 Å². The van der Waals surface area contributed by atoms with E-state index in [1.807, 2.05) is 163 Å². The average molecular weight is 1740 g/mol. The number of rotatable bonds is 20. The van der Waals surface area contributed by atoms with Gasteiger partial charge < -0.3 is 59.3 Å². The average Bonchev–Trinajstić information content (AvgIpc) is 1.12. The molecule has 32 nitrogen and oxygen atoms in total. The van der Waals surface area contributed by atoms with Gasteiger partial charge >= 0.3 is 0 Å². The largest absolute Gasteiger partial charge is 0.383 e. The van der Waals surface area contributed by atoms with Gasteiger partial charge in [0.25, 0.3) is 0 Å². The van der Waals surface area contributed by atoms with Gasteiger partial charge in [0.1, 0.15) is 71.2 Å². The third-order valence-corrected chi connectivity index (χ3v) is 21.0. The molecule has 12 N–H and O–H groups in total. The highest BCUT2D eigenvalue weighted by Crippen LogP contribution is 2.40. The summed E-state index contributed by atoms with van der Waals surface area (Å²) in [5.74, 6) is 1.17. The fourth-order valence-corrected chi connectivity index (χ4v) is 14.1. The van der Waals surface area contributed by atoms with E-state index in [4.69, 9.17) is 54.7 Å². The lowest BCUT2D eigenvalue weighted by molar-refractivity contribution is -0.116. The molecule has 12 heterocycles. The van der Waals surface area contributed by atoms with Crippen LogP contribution in [-0.4, -0.2) is 102 Å². The van der Waals surface area contributed by atoms with E-state index in [1.54, 1.807) is 56.5 Å². The van der Waals surface area contributed by atoms with Crippen LogP contribution < -0.4 is 44.2 Å². The Hall–Kier alpha value is -14.7. The van der Waals surface area contributed by atoms with Gasteiger partial charge in [-0.1, -0.05) is 201 Å². The lowest BCUT2D eigenvalue weighted by Gasteiger charge is -2.12. The monoisotopic (exact) mass is 1740 g/mol. The molecule has 32 heteroatoms. The Labute approximate surface area is 755 Å². The standard InChI is InChI=1S/4C24H28N6O2/c4*1-14(2)30-12-17(21-22(25)26-13-27-23(21)30)16-8-6-15(7-9-16)10-19(31)28-20-11-18(29-32-20)24(3,4)5/h4*6-9,11-14H,10H2,1-5H3,(H,28,31)(H2,25,26,27)/i3D3,4D3;14D;3D3;. The molecule has 0 aliphatic rings. The second kappa shape index (κ2) is 37.2. The van der Waals surface area contributed by atoms with Crippen molar-refractivity contribution in [2.75, 3.05) is 44.2 Å². The summed E-state index contributed by atoms with van der Waals surface area (Å²) in [7, 11) is 0. The zero-order valence-electron chi connectivity index (χ0n) is 84.5. The molecule has 128 heavy (non-hydrogen) atoms. The highest BCUT2D eigenvalue weighted by molar-refractivity contribution is 6.04. The molecule has 0 bridgehead atoms. The summed E-state index contributed by atoms with van der Waals surface area (Å²) in [6.45, 7) is 24.4. The number of nitrogens with two attached hydrogens (primary N) is 4. The van der Waals surface area contributed by atoms with Gasteiger partial charge in [0, 0.05) is 129 Å². The van der Waals surface area contributed by atoms with Crippen molar-refractivity contribution >= 4 is 115 Å². The molecule has 0 radical (unpaired) electrons. The van der Waals surface area contributed by atoms with E-state index in [1.165, 1.54) is 31.4 Å². The van der Waals surface area contributed by atoms with E-state index in [9.17, 15) is 19.2 Å². The molecule has 4 aromatic carbocycles. The highest BCUT2D eigenvalue weighted by Gasteiger charge is 2.28. The summed E-state index contributed by atoms with van der Waals surface area (Å²) in [5, 5.41) is 29.3. The number of hydrogen-bond acceptors (Lipinski definition) is 24. The van der Waals surface area contributed by atoms with E-state index in [-0.39, 0.29) is 95.5 Å². The number of nitrogens with one attached hydrogen (secondary N) is 4. The summed E-state index contributed by atoms with van der Waals surface area (Å²) >= 11 is 0. The van der Waals surface area contributed by atoms with Crippen LogP contribution in [0.1, 0.15) is 221 Å². The fraction of sp³-hybridized carbons (Fsp3) is 0.333. The van der Waals surface area contributed by atoms with E-state index in [2.05, 4.69) is 125 Å². The Kier molecular flexibility index (Phi) is 22.7. The van der Waals surface area contributed by atoms with Crippen LogP contribution in [0, 0.1) is 0 Å². The zero-order chi connectivity index (χ0) is 101. The smallest absolute Gasteiger partial charge is 0.231 e. The third-order valence-electron chi connectivity index (χ3n) is 21.0. The number of nitrogen functional groups attached to an aromatic ring is 4. The van der Waals surface area contributed by atoms with Crippen molar-refractivity contribution in [3.8, 4) is 44.5 Å². The SMILES string of the molecule is CC(C)n1cc(-c2ccc(CC(=O)Nc3cc(C(C)(C)C)no3)cc2)c2c(N)ncnc21.[2H]C(C)(C)n1cc(-c2ccc(CC(=O)Nc3cc(C(C)(C)C)no3)cc2)c2c(N)ncnc21.[2H]C([2H])([2H])C(C)(C)c1cc(NC(=O)Cc2ccc(-c3cn(C(C)C)c4ncnc(N)c34)cc2)on1.[2H]C([2H])([2H])C(C)(c1cc(NC(=O)Cc2ccc(-c3cn(C(C)C)c4ncnc(N)c34)cc2)on1)C([2H])([2H])[2H]. The second-order valence-electron chi connectivity index (χ2n) is 35.1. The number of anilines is 8. The Bertz CT molecular complexity index is 7090. The lowest BCUT2D eigenvalue weighted by atomic mass is 9.92. The van der Waals surface area contributed by atoms with Gasteiger partial charge in [-0.15, -0.1) is 0 Å². The zero-order valence-corrected chi connectivity index (χ0v) is 74.5. The van der Waals surface area contributed by atoms with Crippen LogP contribution >= 0.6 is 0 Å². The summed E-state index contributed by atoms with van der Waals surface area (Å²) in [6.07, 6.45) is 14.2. The number of fused-ring (bicyclic) bond motifs is 4. The minimum Gasteiger partial charge on any atom is -0.383 e. The van der Waals surface area contributed by atoms with Crippen LogP contribution in [0.25, 0.3) is 88.6 Å². The Balaban J connectivity index is 0.000000156. The molecule has 16 rings (SSSR count). The molecule has 16 aromatic rings. The maximum atomic E-state index is 12.6. The van der Waals surface area contributed by atoms with Crippen molar-refractivity contribution < 1.29 is 51.0 Å². The first-order valence-electron chi connectivity index (χ1n) is 46.5. The summed E-state index contributed by atoms with van der Waals surface area (Å²) in [5.41, 5.74) is 35.9. The molecule has 0 atom stereocenters. The predicted octanol–water partition coefficient (Wildman–Crippen LogP) is 18.9. The minimum absolute atomic E-state index is 0.00880. The summed E-state index contributed by atoms with van der Waals surface area (Å²) in [6, 6.07) is 36.2. The Morgan fingerprint density at radius 1 is 0.336 bits per heavy atom. The van der Waals surface area contributed by atoms with Crippen LogP contribution in [0.4, 0.5) is 46.8 Å². The number of nitrogens with zero attached hydrogens (tertiary/aromatic N) is 16. The van der Waals surface area contributed by atoms with Crippen molar-refractivity contribution in [1.82, 2.24) is 78.8 Å². The van der Waals surface area contributed by atoms with Crippen molar-refractivity contribution in [3.63, 3.8) is 0 Å². The number of carbonyl (C=O) groups is 4. The first-order chi connectivity index (χ1) is 64.6. The molecule has 0 aliphatic carbocycles. The molecule has 0 saturated heterocycles. The van der Waals surface area contributed by atoms with Gasteiger partial charge in [0.2, 0.25) is 47.2 Å². The number of hydrogen-bond donors (Lipinski definition) is 8. The van der Waals surface area contributed by atoms with Crippen LogP contribution in [0.15, 0.2) is 190 Å². The highest BCUT2D eigenvalue weighted by atomic mass is 16.5. The first kappa shape index (κ1) is 78.0. The maximum absolute atomic E-state index is 12.6.